The first-order valence-corrected chi connectivity index (χ1v) is 7.51. The average Bonchev–Trinajstić information content (AvgIpc) is 2.35. The maximum absolute atomic E-state index is 12.0. The van der Waals surface area contributed by atoms with Gasteiger partial charge in [0.1, 0.15) is 0 Å². The number of amides is 2. The molecule has 0 spiro atoms. The molecule has 5 nitrogen and oxygen atoms in total. The number of hydrogen-bond acceptors (Lipinski definition) is 3. The lowest BCUT2D eigenvalue weighted by atomic mass is 10.1. The molecule has 1 rings (SSSR count). The van der Waals surface area contributed by atoms with E-state index in [2.05, 4.69) is 26.6 Å². The highest BCUT2D eigenvalue weighted by Crippen LogP contribution is 2.13. The van der Waals surface area contributed by atoms with Gasteiger partial charge in [-0.3, -0.25) is 9.59 Å². The van der Waals surface area contributed by atoms with Gasteiger partial charge in [0, 0.05) is 22.7 Å². The van der Waals surface area contributed by atoms with Crippen LogP contribution in [0.15, 0.2) is 28.7 Å². The predicted molar refractivity (Wildman–Crippen MR) is 88.2 cm³/mol. The number of likely N-dealkylation sites (N-methyl/N-ethyl adjacent to an activating group) is 1. The molecule has 0 atom stereocenters. The van der Waals surface area contributed by atoms with Gasteiger partial charge in [-0.25, -0.2) is 0 Å². The fourth-order valence-electron chi connectivity index (χ4n) is 1.64. The minimum Gasteiger partial charge on any atom is -0.376 e. The number of rotatable bonds is 5. The van der Waals surface area contributed by atoms with Crippen LogP contribution < -0.4 is 10.6 Å². The molecule has 0 aliphatic heterocycles. The standard InChI is InChI=1S/C15H22BrN3O2/c1-15(2,3)18-13(20)10-19(4)14(21)9-17-12-7-5-11(16)6-8-12/h5-8,17H,9-10H2,1-4H3,(H,18,20). The monoisotopic (exact) mass is 355 g/mol. The number of carbonyl (C=O) groups excluding carboxylic acids is 2. The number of nitrogens with one attached hydrogen (secondary N) is 2. The van der Waals surface area contributed by atoms with Crippen LogP contribution in [-0.2, 0) is 9.59 Å². The first kappa shape index (κ1) is 17.5. The van der Waals surface area contributed by atoms with Crippen LogP contribution in [0.25, 0.3) is 0 Å². The maximum atomic E-state index is 12.0. The number of benzene rings is 1. The Kier molecular flexibility index (Phi) is 6.20. The first-order chi connectivity index (χ1) is 9.67. The minimum atomic E-state index is -0.295. The van der Waals surface area contributed by atoms with Gasteiger partial charge in [-0.1, -0.05) is 15.9 Å². The summed E-state index contributed by atoms with van der Waals surface area (Å²) >= 11 is 3.35. The highest BCUT2D eigenvalue weighted by Gasteiger charge is 2.17. The quantitative estimate of drug-likeness (QED) is 0.851. The van der Waals surface area contributed by atoms with Gasteiger partial charge in [-0.05, 0) is 45.0 Å². The summed E-state index contributed by atoms with van der Waals surface area (Å²) in [5.74, 6) is -0.302. The van der Waals surface area contributed by atoms with E-state index in [1.165, 1.54) is 4.90 Å². The van der Waals surface area contributed by atoms with Crippen LogP contribution in [0.1, 0.15) is 20.8 Å². The lowest BCUT2D eigenvalue weighted by Gasteiger charge is -2.23. The molecule has 0 aliphatic rings. The van der Waals surface area contributed by atoms with Crippen molar-refractivity contribution >= 4 is 33.4 Å². The van der Waals surface area contributed by atoms with E-state index in [1.54, 1.807) is 7.05 Å². The van der Waals surface area contributed by atoms with Gasteiger partial charge >= 0.3 is 0 Å². The second-order valence-corrected chi connectivity index (χ2v) is 6.82. The highest BCUT2D eigenvalue weighted by atomic mass is 79.9. The van der Waals surface area contributed by atoms with E-state index in [0.717, 1.165) is 10.2 Å². The zero-order valence-electron chi connectivity index (χ0n) is 12.9. The summed E-state index contributed by atoms with van der Waals surface area (Å²) in [5, 5.41) is 5.86. The topological polar surface area (TPSA) is 61.4 Å². The van der Waals surface area contributed by atoms with E-state index in [-0.39, 0.29) is 30.4 Å². The van der Waals surface area contributed by atoms with Crippen molar-refractivity contribution in [1.29, 1.82) is 0 Å². The van der Waals surface area contributed by atoms with Gasteiger partial charge in [-0.2, -0.15) is 0 Å². The summed E-state index contributed by atoms with van der Waals surface area (Å²) in [5.41, 5.74) is 0.565. The van der Waals surface area contributed by atoms with Crippen molar-refractivity contribution in [2.75, 3.05) is 25.5 Å². The summed E-state index contributed by atoms with van der Waals surface area (Å²) in [4.78, 5) is 25.1. The normalized spacial score (nSPS) is 10.9. The third kappa shape index (κ3) is 7.13. The van der Waals surface area contributed by atoms with Crippen LogP contribution in [0, 0.1) is 0 Å². The summed E-state index contributed by atoms with van der Waals surface area (Å²) in [6.45, 7) is 5.92. The molecule has 21 heavy (non-hydrogen) atoms. The number of carbonyl (C=O) groups is 2. The lowest BCUT2D eigenvalue weighted by Crippen LogP contribution is -2.47. The van der Waals surface area contributed by atoms with E-state index in [0.29, 0.717) is 0 Å². The van der Waals surface area contributed by atoms with E-state index in [4.69, 9.17) is 0 Å². The van der Waals surface area contributed by atoms with Gasteiger partial charge in [0.25, 0.3) is 0 Å². The molecule has 0 bridgehead atoms. The Morgan fingerprint density at radius 3 is 2.29 bits per heavy atom. The summed E-state index contributed by atoms with van der Waals surface area (Å²) in [6.07, 6.45) is 0. The van der Waals surface area contributed by atoms with Crippen LogP contribution in [0.3, 0.4) is 0 Å². The molecule has 0 radical (unpaired) electrons. The van der Waals surface area contributed by atoms with E-state index >= 15 is 0 Å². The van der Waals surface area contributed by atoms with Crippen molar-refractivity contribution < 1.29 is 9.59 Å². The van der Waals surface area contributed by atoms with Crippen molar-refractivity contribution in [2.24, 2.45) is 0 Å². The third-order valence-electron chi connectivity index (χ3n) is 2.61. The second kappa shape index (κ2) is 7.45. The maximum Gasteiger partial charge on any atom is 0.242 e. The van der Waals surface area contributed by atoms with Crippen LogP contribution in [0.2, 0.25) is 0 Å². The Morgan fingerprint density at radius 1 is 1.19 bits per heavy atom. The van der Waals surface area contributed by atoms with Crippen molar-refractivity contribution in [3.05, 3.63) is 28.7 Å². The van der Waals surface area contributed by atoms with Gasteiger partial charge < -0.3 is 15.5 Å². The zero-order valence-corrected chi connectivity index (χ0v) is 14.5. The van der Waals surface area contributed by atoms with Gasteiger partial charge in [-0.15, -0.1) is 0 Å². The molecule has 2 amide bonds. The summed E-state index contributed by atoms with van der Waals surface area (Å²) < 4.78 is 0.982. The molecule has 0 unspecified atom stereocenters. The molecule has 116 valence electrons. The molecular formula is C15H22BrN3O2. The number of hydrogen-bond donors (Lipinski definition) is 2. The molecule has 0 aromatic heterocycles. The second-order valence-electron chi connectivity index (χ2n) is 5.91. The van der Waals surface area contributed by atoms with Gasteiger partial charge in [0.15, 0.2) is 0 Å². The third-order valence-corrected chi connectivity index (χ3v) is 3.14. The van der Waals surface area contributed by atoms with Crippen molar-refractivity contribution in [3.8, 4) is 0 Å². The smallest absolute Gasteiger partial charge is 0.242 e. The molecule has 6 heteroatoms. The lowest BCUT2D eigenvalue weighted by molar-refractivity contribution is -0.133. The number of nitrogens with zero attached hydrogens (tertiary/aromatic N) is 1. The molecular weight excluding hydrogens is 334 g/mol. The van der Waals surface area contributed by atoms with Crippen molar-refractivity contribution in [2.45, 2.75) is 26.3 Å². The van der Waals surface area contributed by atoms with Crippen LogP contribution in [-0.4, -0.2) is 42.4 Å². The number of halogens is 1. The molecule has 0 fully saturated rings. The molecule has 0 heterocycles. The van der Waals surface area contributed by atoms with E-state index < -0.39 is 0 Å². The number of anilines is 1. The molecule has 0 aliphatic carbocycles. The molecule has 1 aromatic carbocycles. The van der Waals surface area contributed by atoms with Crippen LogP contribution >= 0.6 is 15.9 Å². The predicted octanol–water partition coefficient (Wildman–Crippen LogP) is 2.23. The summed E-state index contributed by atoms with van der Waals surface area (Å²) in [7, 11) is 1.62. The molecule has 1 aromatic rings. The van der Waals surface area contributed by atoms with Crippen molar-refractivity contribution in [3.63, 3.8) is 0 Å². The Bertz CT molecular complexity index is 495. The molecule has 0 saturated heterocycles. The van der Waals surface area contributed by atoms with Crippen LogP contribution in [0.5, 0.6) is 0 Å². The SMILES string of the molecule is CN(CC(=O)NC(C)(C)C)C(=O)CNc1ccc(Br)cc1. The Morgan fingerprint density at radius 2 is 1.76 bits per heavy atom. The molecule has 0 saturated carbocycles. The van der Waals surface area contributed by atoms with Crippen LogP contribution in [0.4, 0.5) is 5.69 Å². The average molecular weight is 356 g/mol. The zero-order chi connectivity index (χ0) is 16.0. The highest BCUT2D eigenvalue weighted by molar-refractivity contribution is 9.10. The van der Waals surface area contributed by atoms with Gasteiger partial charge in [0.2, 0.25) is 11.8 Å². The fraction of sp³-hybridized carbons (Fsp3) is 0.467. The molecule has 2 N–H and O–H groups in total. The fourth-order valence-corrected chi connectivity index (χ4v) is 1.91. The van der Waals surface area contributed by atoms with E-state index in [9.17, 15) is 9.59 Å². The Hall–Kier alpha value is -1.56. The van der Waals surface area contributed by atoms with Gasteiger partial charge in [0.05, 0.1) is 13.1 Å². The Labute approximate surface area is 134 Å². The largest absolute Gasteiger partial charge is 0.376 e. The Balaban J connectivity index is 2.40. The van der Waals surface area contributed by atoms with Crippen molar-refractivity contribution in [1.82, 2.24) is 10.2 Å². The summed E-state index contributed by atoms with van der Waals surface area (Å²) in [6, 6.07) is 7.55. The minimum absolute atomic E-state index is 0.0537. The first-order valence-electron chi connectivity index (χ1n) is 6.72. The van der Waals surface area contributed by atoms with E-state index in [1.807, 2.05) is 45.0 Å².